The first-order chi connectivity index (χ1) is 12.6. The van der Waals surface area contributed by atoms with Crippen molar-refractivity contribution in [2.24, 2.45) is 5.41 Å². The molecule has 3 rings (SSSR count). The van der Waals surface area contributed by atoms with Crippen LogP contribution in [0, 0.1) is 5.41 Å². The van der Waals surface area contributed by atoms with Gasteiger partial charge in [0.05, 0.1) is 6.16 Å². The van der Waals surface area contributed by atoms with Crippen molar-refractivity contribution in [1.29, 1.82) is 0 Å². The van der Waals surface area contributed by atoms with Crippen LogP contribution in [0.4, 0.5) is 0 Å². The van der Waals surface area contributed by atoms with Crippen molar-refractivity contribution >= 4 is 45.8 Å². The van der Waals surface area contributed by atoms with Gasteiger partial charge in [-0.05, 0) is 48.2 Å². The van der Waals surface area contributed by atoms with Crippen LogP contribution in [0.1, 0.15) is 20.3 Å². The summed E-state index contributed by atoms with van der Waals surface area (Å²) in [4.78, 5) is 0. The predicted octanol–water partition coefficient (Wildman–Crippen LogP) is 5.83. The highest BCUT2D eigenvalue weighted by Crippen LogP contribution is 2.56. The molecule has 0 bridgehead atoms. The minimum Gasteiger partial charge on any atom is -0.0858 e. The van der Waals surface area contributed by atoms with Gasteiger partial charge in [-0.2, -0.15) is 0 Å². The summed E-state index contributed by atoms with van der Waals surface area (Å²) in [5.41, 5.74) is 0.351. The normalized spacial score (nSPS) is 12.1. The molecule has 0 unspecified atom stereocenters. The molecule has 26 heavy (non-hydrogen) atoms. The topological polar surface area (TPSA) is 0 Å². The van der Waals surface area contributed by atoms with E-state index in [1.54, 1.807) is 0 Å². The summed E-state index contributed by atoms with van der Waals surface area (Å²) in [5, 5.41) is 4.46. The number of hydrogen-bond donors (Lipinski definition) is 0. The van der Waals surface area contributed by atoms with Gasteiger partial charge in [-0.3, -0.25) is 0 Å². The minimum atomic E-state index is -1.67. The highest BCUT2D eigenvalue weighted by Gasteiger charge is 2.45. The number of rotatable bonds is 7. The van der Waals surface area contributed by atoms with Crippen LogP contribution in [0.3, 0.4) is 0 Å². The van der Waals surface area contributed by atoms with Crippen LogP contribution >= 0.6 is 29.9 Å². The Morgan fingerprint density at radius 1 is 0.654 bits per heavy atom. The van der Waals surface area contributed by atoms with Crippen LogP contribution in [-0.2, 0) is 0 Å². The van der Waals surface area contributed by atoms with Gasteiger partial charge in [0.1, 0.15) is 23.2 Å². The molecule has 3 aromatic carbocycles. The zero-order chi connectivity index (χ0) is 18.5. The van der Waals surface area contributed by atoms with Crippen LogP contribution < -0.4 is 15.9 Å². The van der Waals surface area contributed by atoms with Gasteiger partial charge in [0, 0.05) is 4.43 Å². The van der Waals surface area contributed by atoms with E-state index in [-0.39, 0.29) is 0 Å². The van der Waals surface area contributed by atoms with Crippen molar-refractivity contribution in [1.82, 2.24) is 0 Å². The average Bonchev–Trinajstić information content (AvgIpc) is 2.71. The molecular weight excluding hydrogens is 446 g/mol. The number of halogens is 1. The lowest BCUT2D eigenvalue weighted by Crippen LogP contribution is -2.35. The van der Waals surface area contributed by atoms with Crippen molar-refractivity contribution in [3.05, 3.63) is 91.0 Å². The average molecular weight is 473 g/mol. The van der Waals surface area contributed by atoms with E-state index in [4.69, 9.17) is 0 Å². The second kappa shape index (κ2) is 8.67. The Bertz CT molecular complexity index is 701. The molecule has 0 aliphatic heterocycles. The van der Waals surface area contributed by atoms with Gasteiger partial charge >= 0.3 is 0 Å². The van der Waals surface area contributed by atoms with Crippen LogP contribution in [0.25, 0.3) is 0 Å². The monoisotopic (exact) mass is 473 g/mol. The SMILES string of the molecule is CC(C)(CI)CC[P+](c1ccccc1)(c1ccccc1)c1ccccc1. The summed E-state index contributed by atoms with van der Waals surface area (Å²) in [6.45, 7) is 4.80. The fourth-order valence-corrected chi connectivity index (χ4v) is 8.45. The Balaban J connectivity index is 2.21. The van der Waals surface area contributed by atoms with E-state index in [2.05, 4.69) is 127 Å². The molecule has 0 atom stereocenters. The van der Waals surface area contributed by atoms with Gasteiger partial charge in [0.15, 0.2) is 0 Å². The number of hydrogen-bond acceptors (Lipinski definition) is 0. The molecule has 134 valence electrons. The first-order valence-electron chi connectivity index (χ1n) is 9.19. The Hall–Kier alpha value is -1.18. The molecule has 0 aliphatic rings. The fraction of sp³-hybridized carbons (Fsp3) is 0.250. The number of alkyl halides is 1. The van der Waals surface area contributed by atoms with Gasteiger partial charge in [-0.15, -0.1) is 0 Å². The lowest BCUT2D eigenvalue weighted by atomic mass is 9.93. The lowest BCUT2D eigenvalue weighted by molar-refractivity contribution is 0.418. The Labute approximate surface area is 172 Å². The van der Waals surface area contributed by atoms with Gasteiger partial charge in [-0.1, -0.05) is 91.0 Å². The molecule has 0 nitrogen and oxygen atoms in total. The van der Waals surface area contributed by atoms with Gasteiger partial charge in [-0.25, -0.2) is 0 Å². The third-order valence-corrected chi connectivity index (χ3v) is 11.6. The second-order valence-corrected chi connectivity index (χ2v) is 12.0. The van der Waals surface area contributed by atoms with E-state index >= 15 is 0 Å². The predicted molar refractivity (Wildman–Crippen MR) is 127 cm³/mol. The van der Waals surface area contributed by atoms with Gasteiger partial charge in [0.25, 0.3) is 0 Å². The number of benzene rings is 3. The van der Waals surface area contributed by atoms with Crippen molar-refractivity contribution in [3.8, 4) is 0 Å². The van der Waals surface area contributed by atoms with Crippen LogP contribution in [0.15, 0.2) is 91.0 Å². The summed E-state index contributed by atoms with van der Waals surface area (Å²) in [5.74, 6) is 0. The molecule has 0 radical (unpaired) electrons. The molecule has 0 fully saturated rings. The van der Waals surface area contributed by atoms with Crippen LogP contribution in [-0.4, -0.2) is 10.6 Å². The summed E-state index contributed by atoms with van der Waals surface area (Å²) < 4.78 is 1.18. The second-order valence-electron chi connectivity index (χ2n) is 7.59. The maximum Gasteiger partial charge on any atom is 0.112 e. The molecule has 0 spiro atoms. The Morgan fingerprint density at radius 3 is 1.31 bits per heavy atom. The summed E-state index contributed by atoms with van der Waals surface area (Å²) in [6, 6.07) is 33.6. The maximum absolute atomic E-state index is 2.54. The zero-order valence-electron chi connectivity index (χ0n) is 15.6. The van der Waals surface area contributed by atoms with Gasteiger partial charge < -0.3 is 0 Å². The highest BCUT2D eigenvalue weighted by molar-refractivity contribution is 14.1. The summed E-state index contributed by atoms with van der Waals surface area (Å²) >= 11 is 2.54. The quantitative estimate of drug-likeness (QED) is 0.230. The zero-order valence-corrected chi connectivity index (χ0v) is 18.7. The minimum absolute atomic E-state index is 0.351. The fourth-order valence-electron chi connectivity index (χ4n) is 3.42. The largest absolute Gasteiger partial charge is 0.112 e. The van der Waals surface area contributed by atoms with E-state index in [0.29, 0.717) is 5.41 Å². The van der Waals surface area contributed by atoms with E-state index in [1.165, 1.54) is 32.9 Å². The molecule has 0 aromatic heterocycles. The molecule has 3 aromatic rings. The highest BCUT2D eigenvalue weighted by atomic mass is 127. The summed E-state index contributed by atoms with van der Waals surface area (Å²) in [6.07, 6.45) is 2.43. The molecule has 2 heteroatoms. The van der Waals surface area contributed by atoms with Crippen molar-refractivity contribution < 1.29 is 0 Å². The Kier molecular flexibility index (Phi) is 6.53. The van der Waals surface area contributed by atoms with Crippen molar-refractivity contribution in [2.75, 3.05) is 10.6 Å². The van der Waals surface area contributed by atoms with Crippen LogP contribution in [0.2, 0.25) is 0 Å². The molecular formula is C24H27IP+. The molecule has 0 aliphatic carbocycles. The third-order valence-electron chi connectivity index (χ3n) is 5.08. The first kappa shape index (κ1) is 19.6. The molecule has 0 heterocycles. The van der Waals surface area contributed by atoms with E-state index < -0.39 is 7.26 Å². The van der Waals surface area contributed by atoms with E-state index in [1.807, 2.05) is 0 Å². The van der Waals surface area contributed by atoms with E-state index in [0.717, 1.165) is 0 Å². The molecule has 0 saturated heterocycles. The summed E-state index contributed by atoms with van der Waals surface area (Å²) in [7, 11) is -1.67. The van der Waals surface area contributed by atoms with Crippen LogP contribution in [0.5, 0.6) is 0 Å². The van der Waals surface area contributed by atoms with Crippen molar-refractivity contribution in [2.45, 2.75) is 20.3 Å². The first-order valence-corrected chi connectivity index (χ1v) is 12.7. The Morgan fingerprint density at radius 2 is 1.00 bits per heavy atom. The smallest absolute Gasteiger partial charge is 0.0858 e. The van der Waals surface area contributed by atoms with Gasteiger partial charge in [0.2, 0.25) is 0 Å². The standard InChI is InChI=1S/C24H27IP/c1-24(2,20-25)18-19-26(21-12-6-3-7-13-21,22-14-8-4-9-15-22)23-16-10-5-11-17-23/h3-17H,18-20H2,1-2H3/q+1. The van der Waals surface area contributed by atoms with E-state index in [9.17, 15) is 0 Å². The lowest BCUT2D eigenvalue weighted by Gasteiger charge is -2.31. The molecule has 0 saturated carbocycles. The molecule has 0 N–H and O–H groups in total. The molecule has 0 amide bonds. The third kappa shape index (κ3) is 4.21. The van der Waals surface area contributed by atoms with Crippen molar-refractivity contribution in [3.63, 3.8) is 0 Å². The maximum atomic E-state index is 2.54.